The van der Waals surface area contributed by atoms with Crippen molar-refractivity contribution in [3.63, 3.8) is 0 Å². The molecule has 1 unspecified atom stereocenters. The maximum atomic E-state index is 12.4. The van der Waals surface area contributed by atoms with Crippen LogP contribution in [0.15, 0.2) is 57.4 Å². The lowest BCUT2D eigenvalue weighted by Gasteiger charge is -2.12. The molecule has 8 nitrogen and oxygen atoms in total. The quantitative estimate of drug-likeness (QED) is 0.213. The van der Waals surface area contributed by atoms with Crippen molar-refractivity contribution in [3.05, 3.63) is 73.7 Å². The summed E-state index contributed by atoms with van der Waals surface area (Å²) in [7, 11) is -3.53. The summed E-state index contributed by atoms with van der Waals surface area (Å²) in [6.07, 6.45) is 0. The molecule has 26 heavy (non-hydrogen) atoms. The first-order valence-electron chi connectivity index (χ1n) is 6.93. The molecule has 0 heterocycles. The van der Waals surface area contributed by atoms with E-state index in [0.29, 0.717) is 10.0 Å². The Morgan fingerprint density at radius 1 is 1.27 bits per heavy atom. The van der Waals surface area contributed by atoms with Crippen LogP contribution in [0.3, 0.4) is 0 Å². The standard InChI is InChI=1S/C15H12BrClN2O6S/c1-24-14(10-5-3-2-4-6-10)18-26(22,23)15(19(20)21)25-13-8-7-11(16)9-12(13)17/h2-9,15H,1H3/b18-14-. The van der Waals surface area contributed by atoms with Gasteiger partial charge in [-0.1, -0.05) is 45.7 Å². The second kappa shape index (κ2) is 8.47. The highest BCUT2D eigenvalue weighted by Crippen LogP contribution is 2.29. The Morgan fingerprint density at radius 2 is 1.92 bits per heavy atom. The van der Waals surface area contributed by atoms with Gasteiger partial charge in [0, 0.05) is 10.0 Å². The molecule has 0 amide bonds. The summed E-state index contributed by atoms with van der Waals surface area (Å²) in [5, 5.41) is 11.3. The van der Waals surface area contributed by atoms with Gasteiger partial charge in [-0.05, 0) is 30.3 Å². The summed E-state index contributed by atoms with van der Waals surface area (Å²) < 4.78 is 38.8. The molecule has 0 bridgehead atoms. The summed E-state index contributed by atoms with van der Waals surface area (Å²) >= 11 is 9.09. The Labute approximate surface area is 162 Å². The van der Waals surface area contributed by atoms with Crippen LogP contribution in [0.4, 0.5) is 0 Å². The first kappa shape index (κ1) is 20.1. The monoisotopic (exact) mass is 462 g/mol. The predicted octanol–water partition coefficient (Wildman–Crippen LogP) is 3.46. The second-order valence-electron chi connectivity index (χ2n) is 4.77. The van der Waals surface area contributed by atoms with E-state index in [9.17, 15) is 18.5 Å². The van der Waals surface area contributed by atoms with E-state index in [4.69, 9.17) is 21.1 Å². The van der Waals surface area contributed by atoms with Crippen molar-refractivity contribution >= 4 is 43.5 Å². The lowest BCUT2D eigenvalue weighted by molar-refractivity contribution is -0.534. The maximum Gasteiger partial charge on any atom is 0.476 e. The molecule has 2 aromatic rings. The van der Waals surface area contributed by atoms with Crippen molar-refractivity contribution in [2.45, 2.75) is 5.56 Å². The zero-order chi connectivity index (χ0) is 19.3. The fourth-order valence-electron chi connectivity index (χ4n) is 1.84. The third-order valence-electron chi connectivity index (χ3n) is 2.97. The molecule has 0 aliphatic carbocycles. The van der Waals surface area contributed by atoms with Crippen LogP contribution in [0.1, 0.15) is 5.56 Å². The van der Waals surface area contributed by atoms with Crippen LogP contribution in [0.25, 0.3) is 0 Å². The largest absolute Gasteiger partial charge is 0.480 e. The molecule has 0 radical (unpaired) electrons. The summed E-state index contributed by atoms with van der Waals surface area (Å²) in [5.74, 6) is -0.475. The maximum absolute atomic E-state index is 12.4. The van der Waals surface area contributed by atoms with Gasteiger partial charge in [0.2, 0.25) is 5.90 Å². The van der Waals surface area contributed by atoms with Crippen LogP contribution in [-0.2, 0) is 14.8 Å². The van der Waals surface area contributed by atoms with Crippen molar-refractivity contribution in [3.8, 4) is 5.75 Å². The van der Waals surface area contributed by atoms with Crippen LogP contribution in [0, 0.1) is 10.1 Å². The molecule has 0 N–H and O–H groups in total. The second-order valence-corrected chi connectivity index (χ2v) is 7.71. The van der Waals surface area contributed by atoms with Crippen molar-refractivity contribution in [1.82, 2.24) is 0 Å². The molecule has 0 fully saturated rings. The van der Waals surface area contributed by atoms with Gasteiger partial charge in [-0.25, -0.2) is 0 Å². The Balaban J connectivity index is 2.41. The number of rotatable bonds is 6. The minimum atomic E-state index is -4.73. The van der Waals surface area contributed by atoms with Gasteiger partial charge in [-0.2, -0.15) is 8.42 Å². The van der Waals surface area contributed by atoms with Crippen LogP contribution >= 0.6 is 27.5 Å². The summed E-state index contributed by atoms with van der Waals surface area (Å²) in [5.41, 5.74) is -2.16. The Kier molecular flexibility index (Phi) is 6.57. The van der Waals surface area contributed by atoms with Crippen molar-refractivity contribution in [2.75, 3.05) is 7.11 Å². The van der Waals surface area contributed by atoms with E-state index < -0.39 is 20.5 Å². The van der Waals surface area contributed by atoms with E-state index in [1.807, 2.05) is 0 Å². The number of nitro groups is 1. The van der Waals surface area contributed by atoms with Crippen molar-refractivity contribution in [2.24, 2.45) is 4.40 Å². The Hall–Kier alpha value is -2.17. The molecule has 0 spiro atoms. The minimum Gasteiger partial charge on any atom is -0.480 e. The summed E-state index contributed by atoms with van der Waals surface area (Å²) in [6.45, 7) is 0. The predicted molar refractivity (Wildman–Crippen MR) is 99.5 cm³/mol. The van der Waals surface area contributed by atoms with Crippen LogP contribution in [0.5, 0.6) is 5.75 Å². The summed E-state index contributed by atoms with van der Waals surface area (Å²) in [4.78, 5) is 10.2. The zero-order valence-corrected chi connectivity index (χ0v) is 16.4. The van der Waals surface area contributed by atoms with E-state index >= 15 is 0 Å². The van der Waals surface area contributed by atoms with Gasteiger partial charge < -0.3 is 9.47 Å². The van der Waals surface area contributed by atoms with Gasteiger partial charge in [0.15, 0.2) is 0 Å². The number of methoxy groups -OCH3 is 1. The molecule has 0 aliphatic heterocycles. The van der Waals surface area contributed by atoms with E-state index in [0.717, 1.165) is 0 Å². The molecule has 0 aliphatic rings. The third-order valence-corrected chi connectivity index (χ3v) is 4.96. The average molecular weight is 464 g/mol. The fraction of sp³-hybridized carbons (Fsp3) is 0.133. The van der Waals surface area contributed by atoms with E-state index in [1.54, 1.807) is 30.3 Å². The molecule has 0 saturated carbocycles. The SMILES string of the molecule is CO/C(=N\S(=O)(=O)C(Oc1ccc(Br)cc1Cl)[N+](=O)[O-])c1ccccc1. The zero-order valence-electron chi connectivity index (χ0n) is 13.2. The van der Waals surface area contributed by atoms with Gasteiger partial charge in [0.25, 0.3) is 0 Å². The fourth-order valence-corrected chi connectivity index (χ4v) is 3.50. The lowest BCUT2D eigenvalue weighted by atomic mass is 10.2. The lowest BCUT2D eigenvalue weighted by Crippen LogP contribution is -2.35. The minimum absolute atomic E-state index is 0.000397. The first-order chi connectivity index (χ1) is 12.2. The Bertz CT molecular complexity index is 936. The number of ether oxygens (including phenoxy) is 2. The number of sulfonamides is 1. The highest BCUT2D eigenvalue weighted by molar-refractivity contribution is 9.10. The average Bonchev–Trinajstić information content (AvgIpc) is 2.59. The molecule has 1 atom stereocenters. The van der Waals surface area contributed by atoms with Crippen LogP contribution in [-0.4, -0.2) is 31.9 Å². The molecule has 2 aromatic carbocycles. The normalized spacial score (nSPS) is 13.1. The van der Waals surface area contributed by atoms with E-state index in [-0.39, 0.29) is 16.7 Å². The molecule has 2 rings (SSSR count). The number of halogens is 2. The molecule has 138 valence electrons. The molecule has 11 heteroatoms. The smallest absolute Gasteiger partial charge is 0.476 e. The van der Waals surface area contributed by atoms with Gasteiger partial charge in [0.1, 0.15) is 5.75 Å². The van der Waals surface area contributed by atoms with Gasteiger partial charge >= 0.3 is 15.6 Å². The van der Waals surface area contributed by atoms with Gasteiger partial charge in [-0.15, -0.1) is 4.40 Å². The topological polar surface area (TPSA) is 108 Å². The third kappa shape index (κ3) is 4.93. The van der Waals surface area contributed by atoms with Crippen molar-refractivity contribution < 1.29 is 22.8 Å². The summed E-state index contributed by atoms with van der Waals surface area (Å²) in [6, 6.07) is 12.3. The first-order valence-corrected chi connectivity index (χ1v) is 9.60. The molecule has 0 saturated heterocycles. The highest BCUT2D eigenvalue weighted by Gasteiger charge is 2.40. The highest BCUT2D eigenvalue weighted by atomic mass is 79.9. The molecule has 0 aromatic heterocycles. The number of hydrogen-bond donors (Lipinski definition) is 0. The van der Waals surface area contributed by atoms with E-state index in [2.05, 4.69) is 20.3 Å². The number of hydrogen-bond acceptors (Lipinski definition) is 6. The van der Waals surface area contributed by atoms with Crippen LogP contribution < -0.4 is 4.74 Å². The van der Waals surface area contributed by atoms with Gasteiger partial charge in [0.05, 0.1) is 17.1 Å². The van der Waals surface area contributed by atoms with Gasteiger partial charge in [-0.3, -0.25) is 10.1 Å². The molecular formula is C15H12BrClN2O6S. The van der Waals surface area contributed by atoms with E-state index in [1.165, 1.54) is 25.3 Å². The number of nitrogens with zero attached hydrogens (tertiary/aromatic N) is 2. The van der Waals surface area contributed by atoms with Crippen molar-refractivity contribution in [1.29, 1.82) is 0 Å². The van der Waals surface area contributed by atoms with Crippen LogP contribution in [0.2, 0.25) is 5.02 Å². The Morgan fingerprint density at radius 3 is 2.46 bits per heavy atom. The molecular weight excluding hydrogens is 452 g/mol. The number of benzene rings is 2.